The SMILES string of the molecule is O=C(CN1CCN(Cc2ccccc2)CC1)Nc1cccc2ccccc12. The maximum Gasteiger partial charge on any atom is 0.238 e. The zero-order valence-electron chi connectivity index (χ0n) is 15.5. The molecule has 1 fully saturated rings. The van der Waals surface area contributed by atoms with Crippen molar-refractivity contribution in [1.29, 1.82) is 0 Å². The average molecular weight is 359 g/mol. The van der Waals surface area contributed by atoms with E-state index in [2.05, 4.69) is 57.6 Å². The Morgan fingerprint density at radius 1 is 0.778 bits per heavy atom. The molecule has 1 heterocycles. The van der Waals surface area contributed by atoms with Gasteiger partial charge in [0, 0.05) is 43.8 Å². The Balaban J connectivity index is 1.29. The van der Waals surface area contributed by atoms with Gasteiger partial charge in [-0.3, -0.25) is 14.6 Å². The maximum atomic E-state index is 12.5. The molecule has 4 heteroatoms. The number of anilines is 1. The largest absolute Gasteiger partial charge is 0.324 e. The maximum absolute atomic E-state index is 12.5. The van der Waals surface area contributed by atoms with Crippen LogP contribution in [0.5, 0.6) is 0 Å². The number of benzene rings is 3. The van der Waals surface area contributed by atoms with E-state index in [0.717, 1.165) is 49.2 Å². The number of carbonyl (C=O) groups excluding carboxylic acids is 1. The van der Waals surface area contributed by atoms with Crippen LogP contribution in [0.3, 0.4) is 0 Å². The van der Waals surface area contributed by atoms with E-state index in [-0.39, 0.29) is 5.91 Å². The molecule has 0 bridgehead atoms. The highest BCUT2D eigenvalue weighted by molar-refractivity contribution is 6.02. The highest BCUT2D eigenvalue weighted by Gasteiger charge is 2.19. The summed E-state index contributed by atoms with van der Waals surface area (Å²) in [6.07, 6.45) is 0. The van der Waals surface area contributed by atoms with Gasteiger partial charge in [-0.05, 0) is 17.0 Å². The Morgan fingerprint density at radius 2 is 1.44 bits per heavy atom. The predicted octanol–water partition coefficient (Wildman–Crippen LogP) is 3.60. The fourth-order valence-electron chi connectivity index (χ4n) is 3.67. The second-order valence-electron chi connectivity index (χ2n) is 7.11. The summed E-state index contributed by atoms with van der Waals surface area (Å²) in [4.78, 5) is 17.2. The number of piperazine rings is 1. The molecule has 1 saturated heterocycles. The summed E-state index contributed by atoms with van der Waals surface area (Å²) in [6.45, 7) is 5.28. The van der Waals surface area contributed by atoms with Crippen LogP contribution >= 0.6 is 0 Å². The Labute approximate surface area is 160 Å². The van der Waals surface area contributed by atoms with Crippen LogP contribution < -0.4 is 5.32 Å². The summed E-state index contributed by atoms with van der Waals surface area (Å²) in [7, 11) is 0. The zero-order chi connectivity index (χ0) is 18.5. The minimum absolute atomic E-state index is 0.0582. The number of nitrogens with one attached hydrogen (secondary N) is 1. The molecular weight excluding hydrogens is 334 g/mol. The van der Waals surface area contributed by atoms with Crippen LogP contribution in [0.1, 0.15) is 5.56 Å². The van der Waals surface area contributed by atoms with Gasteiger partial charge in [-0.15, -0.1) is 0 Å². The van der Waals surface area contributed by atoms with Crippen LogP contribution in [-0.2, 0) is 11.3 Å². The van der Waals surface area contributed by atoms with E-state index in [9.17, 15) is 4.79 Å². The predicted molar refractivity (Wildman–Crippen MR) is 111 cm³/mol. The third-order valence-corrected chi connectivity index (χ3v) is 5.14. The van der Waals surface area contributed by atoms with Gasteiger partial charge in [0.2, 0.25) is 5.91 Å². The van der Waals surface area contributed by atoms with Crippen LogP contribution in [0.15, 0.2) is 72.8 Å². The molecule has 4 rings (SSSR count). The summed E-state index contributed by atoms with van der Waals surface area (Å²) < 4.78 is 0. The van der Waals surface area contributed by atoms with Gasteiger partial charge in [-0.25, -0.2) is 0 Å². The molecule has 27 heavy (non-hydrogen) atoms. The van der Waals surface area contributed by atoms with Crippen molar-refractivity contribution in [2.24, 2.45) is 0 Å². The quantitative estimate of drug-likeness (QED) is 0.756. The average Bonchev–Trinajstić information content (AvgIpc) is 2.71. The van der Waals surface area contributed by atoms with Crippen molar-refractivity contribution in [3.63, 3.8) is 0 Å². The van der Waals surface area contributed by atoms with Gasteiger partial charge in [-0.2, -0.15) is 0 Å². The summed E-state index contributed by atoms with van der Waals surface area (Å²) >= 11 is 0. The molecule has 3 aromatic rings. The standard InChI is InChI=1S/C23H25N3O/c27-23(24-22-12-6-10-20-9-4-5-11-21(20)22)18-26-15-13-25(14-16-26)17-19-7-2-1-3-8-19/h1-12H,13-18H2,(H,24,27). The molecule has 138 valence electrons. The van der Waals surface area contributed by atoms with Gasteiger partial charge < -0.3 is 5.32 Å². The van der Waals surface area contributed by atoms with Gasteiger partial charge >= 0.3 is 0 Å². The van der Waals surface area contributed by atoms with E-state index in [1.54, 1.807) is 0 Å². The fourth-order valence-corrected chi connectivity index (χ4v) is 3.67. The first-order valence-corrected chi connectivity index (χ1v) is 9.54. The first-order valence-electron chi connectivity index (χ1n) is 9.54. The van der Waals surface area contributed by atoms with Crippen molar-refractivity contribution in [1.82, 2.24) is 9.80 Å². The third kappa shape index (κ3) is 4.54. The lowest BCUT2D eigenvalue weighted by Crippen LogP contribution is -2.48. The minimum atomic E-state index is 0.0582. The van der Waals surface area contributed by atoms with Crippen LogP contribution in [-0.4, -0.2) is 48.4 Å². The number of carbonyl (C=O) groups is 1. The van der Waals surface area contributed by atoms with Crippen molar-refractivity contribution in [2.45, 2.75) is 6.54 Å². The number of fused-ring (bicyclic) bond motifs is 1. The lowest BCUT2D eigenvalue weighted by atomic mass is 10.1. The van der Waals surface area contributed by atoms with Gasteiger partial charge in [0.05, 0.1) is 6.54 Å². The first kappa shape index (κ1) is 17.7. The zero-order valence-corrected chi connectivity index (χ0v) is 15.5. The smallest absolute Gasteiger partial charge is 0.238 e. The molecule has 1 N–H and O–H groups in total. The molecule has 0 saturated carbocycles. The van der Waals surface area contributed by atoms with Gasteiger partial charge in [0.1, 0.15) is 0 Å². The molecule has 3 aromatic carbocycles. The van der Waals surface area contributed by atoms with E-state index in [1.807, 2.05) is 30.3 Å². The van der Waals surface area contributed by atoms with E-state index in [4.69, 9.17) is 0 Å². The monoisotopic (exact) mass is 359 g/mol. The van der Waals surface area contributed by atoms with Crippen molar-refractivity contribution in [2.75, 3.05) is 38.0 Å². The van der Waals surface area contributed by atoms with Crippen molar-refractivity contribution >= 4 is 22.4 Å². The first-order chi connectivity index (χ1) is 13.3. The van der Waals surface area contributed by atoms with Gasteiger partial charge in [0.15, 0.2) is 0 Å². The van der Waals surface area contributed by atoms with Crippen molar-refractivity contribution in [3.05, 3.63) is 78.4 Å². The molecule has 0 atom stereocenters. The van der Waals surface area contributed by atoms with E-state index >= 15 is 0 Å². The van der Waals surface area contributed by atoms with Crippen molar-refractivity contribution < 1.29 is 4.79 Å². The molecule has 1 amide bonds. The van der Waals surface area contributed by atoms with Crippen LogP contribution in [0.2, 0.25) is 0 Å². The summed E-state index contributed by atoms with van der Waals surface area (Å²) in [5.74, 6) is 0.0582. The van der Waals surface area contributed by atoms with Crippen LogP contribution in [0.4, 0.5) is 5.69 Å². The highest BCUT2D eigenvalue weighted by atomic mass is 16.2. The molecule has 0 radical (unpaired) electrons. The second-order valence-corrected chi connectivity index (χ2v) is 7.11. The third-order valence-electron chi connectivity index (χ3n) is 5.14. The molecule has 0 aromatic heterocycles. The van der Waals surface area contributed by atoms with Crippen LogP contribution in [0.25, 0.3) is 10.8 Å². The summed E-state index contributed by atoms with van der Waals surface area (Å²) in [5.41, 5.74) is 2.24. The number of hydrogen-bond donors (Lipinski definition) is 1. The lowest BCUT2D eigenvalue weighted by Gasteiger charge is -2.34. The lowest BCUT2D eigenvalue weighted by molar-refractivity contribution is -0.117. The normalized spacial score (nSPS) is 15.7. The summed E-state index contributed by atoms with van der Waals surface area (Å²) in [5, 5.41) is 5.32. The van der Waals surface area contributed by atoms with E-state index in [1.165, 1.54) is 5.56 Å². The van der Waals surface area contributed by atoms with Crippen LogP contribution in [0, 0.1) is 0 Å². The Hall–Kier alpha value is -2.69. The van der Waals surface area contributed by atoms with E-state index < -0.39 is 0 Å². The Bertz CT molecular complexity index is 896. The number of nitrogens with zero attached hydrogens (tertiary/aromatic N) is 2. The van der Waals surface area contributed by atoms with Crippen molar-refractivity contribution in [3.8, 4) is 0 Å². The molecular formula is C23H25N3O. The minimum Gasteiger partial charge on any atom is -0.324 e. The number of hydrogen-bond acceptors (Lipinski definition) is 3. The number of rotatable bonds is 5. The topological polar surface area (TPSA) is 35.6 Å². The highest BCUT2D eigenvalue weighted by Crippen LogP contribution is 2.22. The molecule has 1 aliphatic rings. The van der Waals surface area contributed by atoms with E-state index in [0.29, 0.717) is 6.54 Å². The van der Waals surface area contributed by atoms with Gasteiger partial charge in [0.25, 0.3) is 0 Å². The molecule has 0 aliphatic carbocycles. The number of amides is 1. The fraction of sp³-hybridized carbons (Fsp3) is 0.261. The Kier molecular flexibility index (Phi) is 5.47. The molecule has 1 aliphatic heterocycles. The summed E-state index contributed by atoms with van der Waals surface area (Å²) in [6, 6.07) is 24.7. The molecule has 0 unspecified atom stereocenters. The van der Waals surface area contributed by atoms with Gasteiger partial charge in [-0.1, -0.05) is 66.7 Å². The Morgan fingerprint density at radius 3 is 2.26 bits per heavy atom. The second kappa shape index (κ2) is 8.33. The molecule has 4 nitrogen and oxygen atoms in total. The molecule has 0 spiro atoms.